The Labute approximate surface area is 79.9 Å². The van der Waals surface area contributed by atoms with Gasteiger partial charge in [0.25, 0.3) is 0 Å². The van der Waals surface area contributed by atoms with Gasteiger partial charge in [0, 0.05) is 13.1 Å². The molecule has 1 aromatic rings. The highest BCUT2D eigenvalue weighted by molar-refractivity contribution is 5.83. The molecule has 1 aliphatic rings. The summed E-state index contributed by atoms with van der Waals surface area (Å²) >= 11 is 0. The molecule has 76 valence electrons. The second-order valence-electron chi connectivity index (χ2n) is 2.82. The zero-order valence-corrected chi connectivity index (χ0v) is 7.46. The van der Waals surface area contributed by atoms with Gasteiger partial charge in [-0.15, -0.1) is 0 Å². The summed E-state index contributed by atoms with van der Waals surface area (Å²) in [6, 6.07) is 0. The van der Waals surface area contributed by atoms with Gasteiger partial charge in [0.2, 0.25) is 5.82 Å². The van der Waals surface area contributed by atoms with Crippen molar-refractivity contribution >= 4 is 12.0 Å². The highest BCUT2D eigenvalue weighted by Gasteiger charge is 2.18. The lowest BCUT2D eigenvalue weighted by atomic mass is 10.3. The number of hydrogen-bond acceptors (Lipinski definition) is 7. The van der Waals surface area contributed by atoms with Gasteiger partial charge >= 0.3 is 0 Å². The third kappa shape index (κ3) is 1.67. The topological polar surface area (TPSA) is 84.0 Å². The number of rotatable bonds is 2. The minimum atomic E-state index is 0.425. The van der Waals surface area contributed by atoms with Crippen molar-refractivity contribution in [2.75, 3.05) is 31.2 Å². The highest BCUT2D eigenvalue weighted by atomic mass is 16.6. The Kier molecular flexibility index (Phi) is 2.59. The van der Waals surface area contributed by atoms with E-state index in [1.807, 2.05) is 4.90 Å². The van der Waals surface area contributed by atoms with Crippen LogP contribution in [-0.4, -0.2) is 48.0 Å². The van der Waals surface area contributed by atoms with Gasteiger partial charge in [-0.2, -0.15) is 0 Å². The molecule has 0 atom stereocenters. The van der Waals surface area contributed by atoms with Crippen LogP contribution in [0.25, 0.3) is 0 Å². The minimum Gasteiger partial charge on any atom is -0.411 e. The Hall–Kier alpha value is -1.63. The molecule has 1 aliphatic heterocycles. The molecule has 2 rings (SSSR count). The predicted molar refractivity (Wildman–Crippen MR) is 46.7 cm³/mol. The molecule has 1 fully saturated rings. The summed E-state index contributed by atoms with van der Waals surface area (Å²) < 4.78 is 9.76. The Morgan fingerprint density at radius 2 is 2.14 bits per heavy atom. The third-order valence-corrected chi connectivity index (χ3v) is 1.99. The van der Waals surface area contributed by atoms with Crippen LogP contribution in [0.4, 0.5) is 5.82 Å². The van der Waals surface area contributed by atoms with Crippen molar-refractivity contribution in [1.29, 1.82) is 0 Å². The van der Waals surface area contributed by atoms with Crippen molar-refractivity contribution in [3.63, 3.8) is 0 Å². The zero-order chi connectivity index (χ0) is 9.80. The van der Waals surface area contributed by atoms with Crippen molar-refractivity contribution in [3.05, 3.63) is 5.69 Å². The Morgan fingerprint density at radius 1 is 1.36 bits per heavy atom. The van der Waals surface area contributed by atoms with E-state index >= 15 is 0 Å². The van der Waals surface area contributed by atoms with Crippen molar-refractivity contribution < 1.29 is 14.6 Å². The fraction of sp³-hybridized carbons (Fsp3) is 0.571. The summed E-state index contributed by atoms with van der Waals surface area (Å²) in [5.74, 6) is 0.589. The fourth-order valence-electron chi connectivity index (χ4n) is 1.32. The van der Waals surface area contributed by atoms with Crippen LogP contribution >= 0.6 is 0 Å². The molecule has 1 N–H and O–H groups in total. The summed E-state index contributed by atoms with van der Waals surface area (Å²) in [6.07, 6.45) is 1.20. The van der Waals surface area contributed by atoms with Gasteiger partial charge in [0.15, 0.2) is 5.69 Å². The smallest absolute Gasteiger partial charge is 0.202 e. The highest BCUT2D eigenvalue weighted by Crippen LogP contribution is 2.15. The lowest BCUT2D eigenvalue weighted by Crippen LogP contribution is -2.37. The molecule has 2 heterocycles. The number of aromatic nitrogens is 2. The van der Waals surface area contributed by atoms with E-state index in [0.29, 0.717) is 24.7 Å². The molecule has 14 heavy (non-hydrogen) atoms. The summed E-state index contributed by atoms with van der Waals surface area (Å²) in [4.78, 5) is 1.97. The van der Waals surface area contributed by atoms with Crippen molar-refractivity contribution in [2.45, 2.75) is 0 Å². The van der Waals surface area contributed by atoms with Crippen molar-refractivity contribution in [3.8, 4) is 0 Å². The van der Waals surface area contributed by atoms with Gasteiger partial charge in [0.1, 0.15) is 0 Å². The summed E-state index contributed by atoms with van der Waals surface area (Å²) in [6.45, 7) is 2.78. The fourth-order valence-corrected chi connectivity index (χ4v) is 1.32. The standard InChI is InChI=1S/C7H10N4O3/c12-8-5-6-7(10-14-9-6)11-1-3-13-4-2-11/h5,12H,1-4H2. The Bertz CT molecular complexity index is 318. The van der Waals surface area contributed by atoms with E-state index in [9.17, 15) is 0 Å². The predicted octanol–water partition coefficient (Wildman–Crippen LogP) is -0.286. The number of nitrogens with zero attached hydrogens (tertiary/aromatic N) is 4. The molecule has 7 heteroatoms. The summed E-state index contributed by atoms with van der Waals surface area (Å²) in [7, 11) is 0. The quantitative estimate of drug-likeness (QED) is 0.399. The molecular formula is C7H10N4O3. The van der Waals surface area contributed by atoms with E-state index in [1.165, 1.54) is 6.21 Å². The van der Waals surface area contributed by atoms with Crippen LogP contribution in [0.2, 0.25) is 0 Å². The third-order valence-electron chi connectivity index (χ3n) is 1.99. The van der Waals surface area contributed by atoms with Gasteiger partial charge < -0.3 is 14.8 Å². The molecule has 1 aromatic heterocycles. The van der Waals surface area contributed by atoms with Crippen LogP contribution in [-0.2, 0) is 4.74 Å². The number of hydrogen-bond donors (Lipinski definition) is 1. The number of ether oxygens (including phenoxy) is 1. The number of oxime groups is 1. The molecule has 0 spiro atoms. The van der Waals surface area contributed by atoms with Gasteiger partial charge in [-0.1, -0.05) is 5.16 Å². The normalized spacial score (nSPS) is 17.9. The average molecular weight is 198 g/mol. The molecule has 0 radical (unpaired) electrons. The number of morpholine rings is 1. The molecule has 1 saturated heterocycles. The molecule has 0 unspecified atom stereocenters. The van der Waals surface area contributed by atoms with Gasteiger partial charge in [-0.25, -0.2) is 4.63 Å². The second kappa shape index (κ2) is 4.05. The maximum atomic E-state index is 8.38. The van der Waals surface area contributed by atoms with E-state index in [-0.39, 0.29) is 0 Å². The first kappa shape index (κ1) is 8.95. The maximum Gasteiger partial charge on any atom is 0.202 e. The van der Waals surface area contributed by atoms with E-state index in [1.54, 1.807) is 0 Å². The first-order valence-corrected chi connectivity index (χ1v) is 4.24. The first-order valence-electron chi connectivity index (χ1n) is 4.24. The molecule has 0 aliphatic carbocycles. The molecule has 0 saturated carbocycles. The van der Waals surface area contributed by atoms with E-state index < -0.39 is 0 Å². The first-order chi connectivity index (χ1) is 6.92. The van der Waals surface area contributed by atoms with Crippen LogP contribution in [0.1, 0.15) is 5.69 Å². The summed E-state index contributed by atoms with van der Waals surface area (Å²) in [5, 5.41) is 18.6. The second-order valence-corrected chi connectivity index (χ2v) is 2.82. The summed E-state index contributed by atoms with van der Waals surface area (Å²) in [5.41, 5.74) is 0.425. The lowest BCUT2D eigenvalue weighted by molar-refractivity contribution is 0.122. The van der Waals surface area contributed by atoms with Crippen molar-refractivity contribution in [1.82, 2.24) is 10.3 Å². The van der Waals surface area contributed by atoms with Crippen LogP contribution in [0.15, 0.2) is 9.78 Å². The Morgan fingerprint density at radius 3 is 2.86 bits per heavy atom. The molecule has 0 bridgehead atoms. The van der Waals surface area contributed by atoms with Crippen LogP contribution in [0, 0.1) is 0 Å². The largest absolute Gasteiger partial charge is 0.411 e. The van der Waals surface area contributed by atoms with E-state index in [0.717, 1.165) is 13.1 Å². The molecule has 7 nitrogen and oxygen atoms in total. The lowest BCUT2D eigenvalue weighted by Gasteiger charge is -2.25. The van der Waals surface area contributed by atoms with Crippen LogP contribution in [0.3, 0.4) is 0 Å². The zero-order valence-electron chi connectivity index (χ0n) is 7.46. The monoisotopic (exact) mass is 198 g/mol. The molecule has 0 aromatic carbocycles. The van der Waals surface area contributed by atoms with E-state index in [2.05, 4.69) is 20.1 Å². The van der Waals surface area contributed by atoms with E-state index in [4.69, 9.17) is 9.94 Å². The van der Waals surface area contributed by atoms with Gasteiger partial charge in [-0.05, 0) is 10.3 Å². The maximum absolute atomic E-state index is 8.38. The molecular weight excluding hydrogens is 188 g/mol. The van der Waals surface area contributed by atoms with Crippen molar-refractivity contribution in [2.24, 2.45) is 5.16 Å². The van der Waals surface area contributed by atoms with Gasteiger partial charge in [-0.3, -0.25) is 0 Å². The Balaban J connectivity index is 2.17. The van der Waals surface area contributed by atoms with Crippen LogP contribution in [0.5, 0.6) is 0 Å². The molecule has 0 amide bonds. The number of anilines is 1. The SMILES string of the molecule is ON=Cc1nonc1N1CCOCC1. The minimum absolute atomic E-state index is 0.425. The van der Waals surface area contributed by atoms with Gasteiger partial charge in [0.05, 0.1) is 19.4 Å². The van der Waals surface area contributed by atoms with Crippen LogP contribution < -0.4 is 4.90 Å². The average Bonchev–Trinajstić information content (AvgIpc) is 2.68.